The molecule has 2 N–H and O–H groups in total. The van der Waals surface area contributed by atoms with E-state index in [2.05, 4.69) is 20.8 Å². The van der Waals surface area contributed by atoms with E-state index in [1.54, 1.807) is 0 Å². The molecule has 0 bridgehead atoms. The Hall–Kier alpha value is 0.180. The lowest BCUT2D eigenvalue weighted by Crippen LogP contribution is -2.57. The molecule has 29 heavy (non-hydrogen) atoms. The number of rotatable bonds is 5. The molecule has 2 rings (SSSR count). The molecule has 0 aromatic carbocycles. The van der Waals surface area contributed by atoms with Gasteiger partial charge in [-0.25, -0.2) is 0 Å². The second-order valence-electron chi connectivity index (χ2n) is 8.37. The van der Waals surface area contributed by atoms with Gasteiger partial charge in [-0.2, -0.15) is 0 Å². The highest BCUT2D eigenvalue weighted by molar-refractivity contribution is 6.76. The summed E-state index contributed by atoms with van der Waals surface area (Å²) in [5.41, 5.74) is 0. The number of hydrogen-bond acceptors (Lipinski definition) is 6. The largest absolute Gasteiger partial charge is 0.445 e. The lowest BCUT2D eigenvalue weighted by Gasteiger charge is -2.48. The molecule has 0 amide bonds. The highest BCUT2D eigenvalue weighted by Crippen LogP contribution is 2.40. The highest BCUT2D eigenvalue weighted by atomic mass is 35.6. The van der Waals surface area contributed by atoms with E-state index in [1.165, 1.54) is 0 Å². The Bertz CT molecular complexity index is 559. The molecule has 2 fully saturated rings. The summed E-state index contributed by atoms with van der Waals surface area (Å²) >= 11 is 17.4. The first-order valence-corrected chi connectivity index (χ1v) is 11.5. The van der Waals surface area contributed by atoms with Crippen LogP contribution < -0.4 is 0 Å². The van der Waals surface area contributed by atoms with E-state index in [1.807, 2.05) is 20.8 Å². The standard InChI is InChI=1S/C20H34Cl3NO5/c1-7-13-9(3)11(5)15(25)17(26-13)28-16-12(6)10(4)14(8-2)27-18(16)29-19(24)20(21,22)23/h9-18,24-25H,7-8H2,1-6H3/t9-,10-,11+,12+,13?,14?,15?,16?,17+,18+/m1/s1. The highest BCUT2D eigenvalue weighted by Gasteiger charge is 2.49. The first-order chi connectivity index (χ1) is 13.4. The van der Waals surface area contributed by atoms with Crippen LogP contribution in [-0.2, 0) is 18.9 Å². The molecule has 0 aromatic heterocycles. The van der Waals surface area contributed by atoms with Crippen molar-refractivity contribution in [1.82, 2.24) is 0 Å². The van der Waals surface area contributed by atoms with E-state index in [0.29, 0.717) is 0 Å². The summed E-state index contributed by atoms with van der Waals surface area (Å²) in [5, 5.41) is 18.7. The van der Waals surface area contributed by atoms with Gasteiger partial charge in [-0.15, -0.1) is 0 Å². The lowest BCUT2D eigenvalue weighted by atomic mass is 9.81. The number of nitrogens with one attached hydrogen (secondary N) is 1. The third-order valence-corrected chi connectivity index (χ3v) is 7.16. The molecule has 0 aliphatic carbocycles. The predicted octanol–water partition coefficient (Wildman–Crippen LogP) is 4.91. The molecular weight excluding hydrogens is 441 g/mol. The van der Waals surface area contributed by atoms with Gasteiger partial charge in [-0.3, -0.25) is 5.41 Å². The predicted molar refractivity (Wildman–Crippen MR) is 115 cm³/mol. The van der Waals surface area contributed by atoms with Gasteiger partial charge in [-0.05, 0) is 36.5 Å². The molecule has 4 unspecified atom stereocenters. The fourth-order valence-electron chi connectivity index (χ4n) is 4.20. The first-order valence-electron chi connectivity index (χ1n) is 10.4. The fraction of sp³-hybridized carbons (Fsp3) is 0.950. The zero-order chi connectivity index (χ0) is 22.1. The second-order valence-corrected chi connectivity index (χ2v) is 10.7. The van der Waals surface area contributed by atoms with Gasteiger partial charge in [0.2, 0.25) is 12.2 Å². The van der Waals surface area contributed by atoms with Crippen LogP contribution in [0.25, 0.3) is 0 Å². The first kappa shape index (κ1) is 25.4. The molecule has 6 nitrogen and oxygen atoms in total. The topological polar surface area (TPSA) is 81.0 Å². The maximum absolute atomic E-state index is 10.8. The van der Waals surface area contributed by atoms with Crippen LogP contribution >= 0.6 is 34.8 Å². The molecule has 2 aliphatic heterocycles. The van der Waals surface area contributed by atoms with Crippen LogP contribution in [-0.4, -0.2) is 51.8 Å². The summed E-state index contributed by atoms with van der Waals surface area (Å²) in [6, 6.07) is 0. The summed E-state index contributed by atoms with van der Waals surface area (Å²) in [7, 11) is 0. The van der Waals surface area contributed by atoms with Crippen LogP contribution in [0, 0.1) is 29.1 Å². The van der Waals surface area contributed by atoms with Crippen molar-refractivity contribution < 1.29 is 24.1 Å². The van der Waals surface area contributed by atoms with Crippen molar-refractivity contribution in [1.29, 1.82) is 5.41 Å². The molecule has 9 heteroatoms. The summed E-state index contributed by atoms with van der Waals surface area (Å²) in [6.45, 7) is 12.3. The van der Waals surface area contributed by atoms with Crippen LogP contribution in [0.1, 0.15) is 54.4 Å². The smallest absolute Gasteiger partial charge is 0.265 e. The average Bonchev–Trinajstić information content (AvgIpc) is 2.66. The van der Waals surface area contributed by atoms with Crippen LogP contribution in [0.3, 0.4) is 0 Å². The van der Waals surface area contributed by atoms with Crippen LogP contribution in [0.4, 0.5) is 0 Å². The zero-order valence-electron chi connectivity index (χ0n) is 17.9. The van der Waals surface area contributed by atoms with Crippen molar-refractivity contribution in [2.24, 2.45) is 23.7 Å². The minimum absolute atomic E-state index is 0.00686. The maximum atomic E-state index is 10.8. The maximum Gasteiger partial charge on any atom is 0.265 e. The van der Waals surface area contributed by atoms with Crippen molar-refractivity contribution in [3.05, 3.63) is 0 Å². The lowest BCUT2D eigenvalue weighted by molar-refractivity contribution is -0.335. The Labute approximate surface area is 189 Å². The van der Waals surface area contributed by atoms with E-state index in [0.717, 1.165) is 12.8 Å². The molecule has 0 aromatic rings. The Morgan fingerprint density at radius 1 is 0.897 bits per heavy atom. The SMILES string of the molecule is CCC1O[C@@H](OC2[C@H](OC(=N)C(Cl)(Cl)Cl)OC(CC)[C@H](C)[C@@H]2C)C(O)[C@@H](C)[C@H]1C. The Balaban J connectivity index is 2.23. The number of aliphatic hydroxyl groups is 1. The Morgan fingerprint density at radius 2 is 1.38 bits per heavy atom. The zero-order valence-corrected chi connectivity index (χ0v) is 20.2. The molecule has 170 valence electrons. The van der Waals surface area contributed by atoms with E-state index in [4.69, 9.17) is 59.2 Å². The molecular formula is C20H34Cl3NO5. The van der Waals surface area contributed by atoms with Crippen molar-refractivity contribution in [3.63, 3.8) is 0 Å². The molecule has 0 radical (unpaired) electrons. The Morgan fingerprint density at radius 3 is 1.86 bits per heavy atom. The van der Waals surface area contributed by atoms with E-state index >= 15 is 0 Å². The van der Waals surface area contributed by atoms with Crippen LogP contribution in [0.5, 0.6) is 0 Å². The average molecular weight is 475 g/mol. The van der Waals surface area contributed by atoms with Gasteiger partial charge in [0.25, 0.3) is 3.79 Å². The van der Waals surface area contributed by atoms with Gasteiger partial charge in [0.05, 0.1) is 12.2 Å². The van der Waals surface area contributed by atoms with E-state index < -0.39 is 34.5 Å². The number of ether oxygens (including phenoxy) is 4. The van der Waals surface area contributed by atoms with Gasteiger partial charge in [0.15, 0.2) is 6.29 Å². The third-order valence-electron chi connectivity index (χ3n) is 6.64. The minimum atomic E-state index is -2.00. The fourth-order valence-corrected chi connectivity index (χ4v) is 4.34. The number of hydrogen-bond donors (Lipinski definition) is 2. The van der Waals surface area contributed by atoms with Gasteiger partial charge in [0, 0.05) is 0 Å². The molecule has 2 aliphatic rings. The van der Waals surface area contributed by atoms with E-state index in [9.17, 15) is 5.11 Å². The molecule has 2 saturated heterocycles. The summed E-state index contributed by atoms with van der Waals surface area (Å²) in [6.07, 6.45) is -1.66. The number of aliphatic hydroxyl groups excluding tert-OH is 1. The molecule has 0 saturated carbocycles. The monoisotopic (exact) mass is 473 g/mol. The Kier molecular flexibility index (Phi) is 8.95. The van der Waals surface area contributed by atoms with Gasteiger partial charge in [-0.1, -0.05) is 76.3 Å². The van der Waals surface area contributed by atoms with Crippen molar-refractivity contribution >= 4 is 40.7 Å². The molecule has 2 heterocycles. The van der Waals surface area contributed by atoms with Crippen molar-refractivity contribution in [2.45, 2.75) is 95.2 Å². The second kappa shape index (κ2) is 10.2. The van der Waals surface area contributed by atoms with Crippen LogP contribution in [0.15, 0.2) is 0 Å². The molecule has 0 spiro atoms. The summed E-state index contributed by atoms with van der Waals surface area (Å²) in [5.74, 6) is -0.129. The van der Waals surface area contributed by atoms with E-state index in [-0.39, 0.29) is 35.9 Å². The van der Waals surface area contributed by atoms with Gasteiger partial charge in [0.1, 0.15) is 12.2 Å². The van der Waals surface area contributed by atoms with Gasteiger partial charge >= 0.3 is 0 Å². The quantitative estimate of drug-likeness (QED) is 0.336. The molecule has 10 atom stereocenters. The van der Waals surface area contributed by atoms with Crippen LogP contribution in [0.2, 0.25) is 0 Å². The number of halogens is 3. The summed E-state index contributed by atoms with van der Waals surface area (Å²) < 4.78 is 22.0. The number of alkyl halides is 3. The third kappa shape index (κ3) is 5.71. The van der Waals surface area contributed by atoms with Crippen molar-refractivity contribution in [2.75, 3.05) is 0 Å². The summed E-state index contributed by atoms with van der Waals surface area (Å²) in [4.78, 5) is 0. The normalized spacial score (nSPS) is 43.8. The van der Waals surface area contributed by atoms with Gasteiger partial charge < -0.3 is 24.1 Å². The minimum Gasteiger partial charge on any atom is -0.445 e. The van der Waals surface area contributed by atoms with Crippen molar-refractivity contribution in [3.8, 4) is 0 Å².